The first-order valence-corrected chi connectivity index (χ1v) is 4.30. The fraction of sp³-hybridized carbons (Fsp3) is 0.111. The molecule has 1 nitrogen and oxygen atoms in total. The Labute approximate surface area is 73.6 Å². The largest absolute Gasteiger partial charge is 0.361 e. The molecule has 0 atom stereocenters. The fourth-order valence-electron chi connectivity index (χ4n) is 1.27. The summed E-state index contributed by atoms with van der Waals surface area (Å²) in [5.74, 6) is 0. The Morgan fingerprint density at radius 3 is 2.82 bits per heavy atom. The van der Waals surface area contributed by atoms with E-state index in [1.54, 1.807) is 0 Å². The summed E-state index contributed by atoms with van der Waals surface area (Å²) in [7, 11) is 0. The number of fused-ring (bicyclic) bond motifs is 1. The zero-order valence-electron chi connectivity index (χ0n) is 6.19. The third kappa shape index (κ3) is 0.979. The van der Waals surface area contributed by atoms with Gasteiger partial charge in [-0.15, -0.1) is 0 Å². The highest BCUT2D eigenvalue weighted by atomic mass is 79.9. The number of aryl methyl sites for hydroxylation is 1. The van der Waals surface area contributed by atoms with Gasteiger partial charge in [0.2, 0.25) is 0 Å². The Kier molecular flexibility index (Phi) is 1.50. The van der Waals surface area contributed by atoms with Crippen molar-refractivity contribution < 1.29 is 0 Å². The number of halogens is 1. The van der Waals surface area contributed by atoms with Gasteiger partial charge < -0.3 is 4.98 Å². The Hall–Kier alpha value is -0.760. The maximum atomic E-state index is 3.49. The molecule has 56 valence electrons. The molecule has 0 amide bonds. The van der Waals surface area contributed by atoms with Crippen LogP contribution in [0.1, 0.15) is 5.56 Å². The molecule has 0 saturated heterocycles. The normalized spacial score (nSPS) is 10.7. The fourth-order valence-corrected chi connectivity index (χ4v) is 1.73. The van der Waals surface area contributed by atoms with E-state index in [4.69, 9.17) is 0 Å². The number of hydrogen-bond acceptors (Lipinski definition) is 0. The van der Waals surface area contributed by atoms with Gasteiger partial charge in [-0.2, -0.15) is 0 Å². The monoisotopic (exact) mass is 209 g/mol. The number of H-pyrrole nitrogens is 1. The quantitative estimate of drug-likeness (QED) is 0.686. The van der Waals surface area contributed by atoms with Crippen LogP contribution in [0.3, 0.4) is 0 Å². The maximum absolute atomic E-state index is 3.49. The van der Waals surface area contributed by atoms with Crippen molar-refractivity contribution >= 4 is 26.8 Å². The molecule has 2 heteroatoms. The van der Waals surface area contributed by atoms with Gasteiger partial charge >= 0.3 is 0 Å². The highest BCUT2D eigenvalue weighted by Crippen LogP contribution is 2.24. The highest BCUT2D eigenvalue weighted by Gasteiger charge is 2.00. The summed E-state index contributed by atoms with van der Waals surface area (Å²) in [4.78, 5) is 3.20. The molecule has 0 aliphatic heterocycles. The van der Waals surface area contributed by atoms with E-state index >= 15 is 0 Å². The summed E-state index contributed by atoms with van der Waals surface area (Å²) in [5, 5.41) is 1.25. The van der Waals surface area contributed by atoms with Gasteiger partial charge in [-0.3, -0.25) is 0 Å². The van der Waals surface area contributed by atoms with Crippen LogP contribution >= 0.6 is 15.9 Å². The van der Waals surface area contributed by atoms with E-state index in [0.717, 1.165) is 4.47 Å². The first kappa shape index (κ1) is 6.92. The molecule has 1 N–H and O–H groups in total. The lowest BCUT2D eigenvalue weighted by molar-refractivity contribution is 1.41. The second-order valence-electron chi connectivity index (χ2n) is 2.63. The van der Waals surface area contributed by atoms with Crippen LogP contribution in [0.4, 0.5) is 0 Å². The second kappa shape index (κ2) is 2.38. The van der Waals surface area contributed by atoms with Gasteiger partial charge in [-0.25, -0.2) is 0 Å². The minimum atomic E-state index is 1.15. The van der Waals surface area contributed by atoms with Crippen LogP contribution in [0.15, 0.2) is 28.9 Å². The molecule has 0 aliphatic carbocycles. The summed E-state index contributed by atoms with van der Waals surface area (Å²) in [5.41, 5.74) is 2.51. The van der Waals surface area contributed by atoms with Crippen molar-refractivity contribution in [1.82, 2.24) is 4.98 Å². The van der Waals surface area contributed by atoms with E-state index in [1.807, 2.05) is 6.20 Å². The van der Waals surface area contributed by atoms with Crippen molar-refractivity contribution in [2.24, 2.45) is 0 Å². The van der Waals surface area contributed by atoms with Gasteiger partial charge in [0.1, 0.15) is 0 Å². The summed E-state index contributed by atoms with van der Waals surface area (Å²) in [6, 6.07) is 6.25. The molecular formula is C9H8BrN. The van der Waals surface area contributed by atoms with Crippen LogP contribution in [0, 0.1) is 6.92 Å². The molecule has 1 heterocycles. The SMILES string of the molecule is Cc1ccc(Br)c2cc[nH]c12. The van der Waals surface area contributed by atoms with Gasteiger partial charge in [0.15, 0.2) is 0 Å². The summed E-state index contributed by atoms with van der Waals surface area (Å²) >= 11 is 3.49. The van der Waals surface area contributed by atoms with Gasteiger partial charge in [0.05, 0.1) is 0 Å². The third-order valence-corrected chi connectivity index (χ3v) is 2.57. The minimum absolute atomic E-state index is 1.15. The van der Waals surface area contributed by atoms with Crippen molar-refractivity contribution in [2.75, 3.05) is 0 Å². The van der Waals surface area contributed by atoms with E-state index in [1.165, 1.54) is 16.5 Å². The number of hydrogen-bond donors (Lipinski definition) is 1. The Morgan fingerprint density at radius 2 is 2.09 bits per heavy atom. The van der Waals surface area contributed by atoms with E-state index in [9.17, 15) is 0 Å². The van der Waals surface area contributed by atoms with Crippen molar-refractivity contribution in [2.45, 2.75) is 6.92 Å². The summed E-state index contributed by atoms with van der Waals surface area (Å²) < 4.78 is 1.15. The predicted octanol–water partition coefficient (Wildman–Crippen LogP) is 3.24. The molecule has 2 rings (SSSR count). The van der Waals surface area contributed by atoms with Crippen LogP contribution < -0.4 is 0 Å². The van der Waals surface area contributed by atoms with Crippen molar-refractivity contribution in [3.63, 3.8) is 0 Å². The Bertz CT molecular complexity index is 353. The lowest BCUT2D eigenvalue weighted by atomic mass is 10.2. The third-order valence-electron chi connectivity index (χ3n) is 1.88. The lowest BCUT2D eigenvalue weighted by Gasteiger charge is -1.96. The molecule has 11 heavy (non-hydrogen) atoms. The van der Waals surface area contributed by atoms with Crippen LogP contribution in [0.25, 0.3) is 10.9 Å². The number of nitrogens with one attached hydrogen (secondary N) is 1. The Balaban J connectivity index is 2.96. The first-order valence-electron chi connectivity index (χ1n) is 3.51. The minimum Gasteiger partial charge on any atom is -0.361 e. The van der Waals surface area contributed by atoms with Gasteiger partial charge in [-0.05, 0) is 24.6 Å². The van der Waals surface area contributed by atoms with Crippen molar-refractivity contribution in [3.8, 4) is 0 Å². The molecule has 0 spiro atoms. The van der Waals surface area contributed by atoms with Gasteiger partial charge in [0.25, 0.3) is 0 Å². The molecule has 0 aliphatic rings. The van der Waals surface area contributed by atoms with E-state index in [0.29, 0.717) is 0 Å². The molecule has 0 bridgehead atoms. The number of rotatable bonds is 0. The zero-order valence-corrected chi connectivity index (χ0v) is 7.77. The molecule has 0 radical (unpaired) electrons. The first-order chi connectivity index (χ1) is 5.29. The molecule has 1 aromatic carbocycles. The number of benzene rings is 1. The molecular weight excluding hydrogens is 202 g/mol. The molecule has 0 saturated carbocycles. The number of aromatic amines is 1. The van der Waals surface area contributed by atoms with Gasteiger partial charge in [0, 0.05) is 21.6 Å². The smallest absolute Gasteiger partial charge is 0.0495 e. The molecule has 0 unspecified atom stereocenters. The van der Waals surface area contributed by atoms with Crippen LogP contribution in [0.2, 0.25) is 0 Å². The highest BCUT2D eigenvalue weighted by molar-refractivity contribution is 9.10. The van der Waals surface area contributed by atoms with E-state index < -0.39 is 0 Å². The van der Waals surface area contributed by atoms with Crippen LogP contribution in [-0.4, -0.2) is 4.98 Å². The predicted molar refractivity (Wildman–Crippen MR) is 50.7 cm³/mol. The van der Waals surface area contributed by atoms with Gasteiger partial charge in [-0.1, -0.05) is 22.0 Å². The summed E-state index contributed by atoms with van der Waals surface area (Å²) in [6.07, 6.45) is 1.96. The topological polar surface area (TPSA) is 15.8 Å². The van der Waals surface area contributed by atoms with E-state index in [-0.39, 0.29) is 0 Å². The van der Waals surface area contributed by atoms with E-state index in [2.05, 4.69) is 46.0 Å². The number of aromatic nitrogens is 1. The van der Waals surface area contributed by atoms with Crippen LogP contribution in [0.5, 0.6) is 0 Å². The van der Waals surface area contributed by atoms with Crippen molar-refractivity contribution in [1.29, 1.82) is 0 Å². The molecule has 0 fully saturated rings. The molecule has 1 aromatic heterocycles. The van der Waals surface area contributed by atoms with Crippen molar-refractivity contribution in [3.05, 3.63) is 34.4 Å². The summed E-state index contributed by atoms with van der Waals surface area (Å²) in [6.45, 7) is 2.10. The average Bonchev–Trinajstić information content (AvgIpc) is 2.45. The Morgan fingerprint density at radius 1 is 1.27 bits per heavy atom. The zero-order chi connectivity index (χ0) is 7.84. The van der Waals surface area contributed by atoms with Crippen LogP contribution in [-0.2, 0) is 0 Å². The maximum Gasteiger partial charge on any atom is 0.0495 e. The lowest BCUT2D eigenvalue weighted by Crippen LogP contribution is -1.75. The standard InChI is InChI=1S/C9H8BrN/c1-6-2-3-8(10)7-4-5-11-9(6)7/h2-5,11H,1H3. The second-order valence-corrected chi connectivity index (χ2v) is 3.48. The molecule has 2 aromatic rings. The average molecular weight is 210 g/mol.